The number of hydrogen-bond donors (Lipinski definition) is 2. The van der Waals surface area contributed by atoms with E-state index in [1.807, 2.05) is 0 Å². The van der Waals surface area contributed by atoms with Gasteiger partial charge in [0.15, 0.2) is 0 Å². The minimum Gasteiger partial charge on any atom is -0.344 e. The van der Waals surface area contributed by atoms with Gasteiger partial charge in [0.05, 0.1) is 12.2 Å². The molecule has 0 amide bonds. The SMILES string of the molecule is Brc1ccc2c(c1)Cc1[nH]c(CNC3CCCC3)nc1-2. The second-order valence-electron chi connectivity index (χ2n) is 5.85. The number of hydrogen-bond acceptors (Lipinski definition) is 2. The van der Waals surface area contributed by atoms with Crippen LogP contribution >= 0.6 is 15.9 Å². The molecule has 0 bridgehead atoms. The predicted octanol–water partition coefficient (Wildman–Crippen LogP) is 3.78. The maximum atomic E-state index is 4.79. The molecule has 4 heteroatoms. The molecule has 2 aromatic rings. The zero-order valence-electron chi connectivity index (χ0n) is 11.4. The number of nitrogens with one attached hydrogen (secondary N) is 2. The van der Waals surface area contributed by atoms with Gasteiger partial charge in [-0.25, -0.2) is 4.98 Å². The summed E-state index contributed by atoms with van der Waals surface area (Å²) in [6.45, 7) is 0.865. The van der Waals surface area contributed by atoms with Crippen molar-refractivity contribution in [3.63, 3.8) is 0 Å². The molecule has 1 aromatic heterocycles. The molecule has 20 heavy (non-hydrogen) atoms. The van der Waals surface area contributed by atoms with Crippen LogP contribution in [0.5, 0.6) is 0 Å². The first kappa shape index (κ1) is 12.6. The number of aromatic amines is 1. The molecule has 0 unspecified atom stereocenters. The molecule has 4 rings (SSSR count). The van der Waals surface area contributed by atoms with Gasteiger partial charge in [0, 0.05) is 28.2 Å². The quantitative estimate of drug-likeness (QED) is 0.766. The van der Waals surface area contributed by atoms with Crippen LogP contribution in [0.4, 0.5) is 0 Å². The molecule has 1 aromatic carbocycles. The van der Waals surface area contributed by atoms with Crippen molar-refractivity contribution in [2.75, 3.05) is 0 Å². The lowest BCUT2D eigenvalue weighted by atomic mass is 10.1. The summed E-state index contributed by atoms with van der Waals surface area (Å²) in [5, 5.41) is 3.62. The molecule has 2 aliphatic rings. The highest BCUT2D eigenvalue weighted by Crippen LogP contribution is 2.36. The van der Waals surface area contributed by atoms with E-state index in [1.54, 1.807) is 0 Å². The molecule has 0 radical (unpaired) electrons. The van der Waals surface area contributed by atoms with Gasteiger partial charge in [-0.2, -0.15) is 0 Å². The molecule has 1 fully saturated rings. The van der Waals surface area contributed by atoms with Crippen LogP contribution < -0.4 is 5.32 Å². The second kappa shape index (κ2) is 5.01. The number of benzene rings is 1. The molecule has 2 N–H and O–H groups in total. The number of imidazole rings is 1. The number of halogens is 1. The van der Waals surface area contributed by atoms with Gasteiger partial charge in [-0.3, -0.25) is 0 Å². The molecular weight excluding hydrogens is 314 g/mol. The minimum absolute atomic E-state index is 0.693. The third kappa shape index (κ3) is 2.21. The molecular formula is C16H18BrN3. The summed E-state index contributed by atoms with van der Waals surface area (Å²) in [5.41, 5.74) is 5.06. The summed E-state index contributed by atoms with van der Waals surface area (Å²) in [4.78, 5) is 8.28. The van der Waals surface area contributed by atoms with E-state index in [0.717, 1.165) is 29.0 Å². The maximum absolute atomic E-state index is 4.79. The third-order valence-electron chi connectivity index (χ3n) is 4.43. The number of H-pyrrole nitrogens is 1. The lowest BCUT2D eigenvalue weighted by molar-refractivity contribution is 0.515. The van der Waals surface area contributed by atoms with Crippen molar-refractivity contribution in [1.82, 2.24) is 15.3 Å². The third-order valence-corrected chi connectivity index (χ3v) is 4.92. The highest BCUT2D eigenvalue weighted by Gasteiger charge is 2.23. The maximum Gasteiger partial charge on any atom is 0.121 e. The lowest BCUT2D eigenvalue weighted by Gasteiger charge is -2.09. The molecule has 0 aliphatic heterocycles. The molecule has 1 heterocycles. The molecule has 3 nitrogen and oxygen atoms in total. The van der Waals surface area contributed by atoms with Crippen molar-refractivity contribution in [3.8, 4) is 11.3 Å². The van der Waals surface area contributed by atoms with E-state index in [0.29, 0.717) is 6.04 Å². The van der Waals surface area contributed by atoms with Crippen molar-refractivity contribution >= 4 is 15.9 Å². The van der Waals surface area contributed by atoms with Gasteiger partial charge in [0.1, 0.15) is 5.82 Å². The fraction of sp³-hybridized carbons (Fsp3) is 0.438. The Bertz CT molecular complexity index is 641. The topological polar surface area (TPSA) is 40.7 Å². The average molecular weight is 332 g/mol. The van der Waals surface area contributed by atoms with Crippen LogP contribution in [0.25, 0.3) is 11.3 Å². The Balaban J connectivity index is 1.52. The molecule has 0 spiro atoms. The first-order valence-electron chi connectivity index (χ1n) is 7.39. The van der Waals surface area contributed by atoms with Gasteiger partial charge < -0.3 is 10.3 Å². The van der Waals surface area contributed by atoms with Crippen LogP contribution in [0.3, 0.4) is 0 Å². The Kier molecular flexibility index (Phi) is 3.15. The number of fused-ring (bicyclic) bond motifs is 3. The van der Waals surface area contributed by atoms with E-state index in [4.69, 9.17) is 4.98 Å². The second-order valence-corrected chi connectivity index (χ2v) is 6.77. The van der Waals surface area contributed by atoms with E-state index in [9.17, 15) is 0 Å². The molecule has 104 valence electrons. The monoisotopic (exact) mass is 331 g/mol. The Morgan fingerprint density at radius 2 is 2.15 bits per heavy atom. The fourth-order valence-corrected chi connectivity index (χ4v) is 3.81. The van der Waals surface area contributed by atoms with Gasteiger partial charge in [0.25, 0.3) is 0 Å². The minimum atomic E-state index is 0.693. The Morgan fingerprint density at radius 1 is 1.30 bits per heavy atom. The summed E-state index contributed by atoms with van der Waals surface area (Å²) >= 11 is 3.53. The molecule has 0 saturated heterocycles. The Morgan fingerprint density at radius 3 is 3.00 bits per heavy atom. The zero-order chi connectivity index (χ0) is 13.5. The molecule has 0 atom stereocenters. The van der Waals surface area contributed by atoms with Crippen molar-refractivity contribution in [3.05, 3.63) is 39.8 Å². The van der Waals surface area contributed by atoms with Gasteiger partial charge in [-0.05, 0) is 30.5 Å². The lowest BCUT2D eigenvalue weighted by Crippen LogP contribution is -2.25. The van der Waals surface area contributed by atoms with Gasteiger partial charge >= 0.3 is 0 Å². The van der Waals surface area contributed by atoms with Gasteiger partial charge in [-0.1, -0.05) is 34.8 Å². The van der Waals surface area contributed by atoms with E-state index in [2.05, 4.69) is 44.4 Å². The Hall–Kier alpha value is -1.13. The predicted molar refractivity (Wildman–Crippen MR) is 83.6 cm³/mol. The summed E-state index contributed by atoms with van der Waals surface area (Å²) < 4.78 is 1.14. The highest BCUT2D eigenvalue weighted by molar-refractivity contribution is 9.10. The summed E-state index contributed by atoms with van der Waals surface area (Å²) in [7, 11) is 0. The standard InChI is InChI=1S/C16H18BrN3/c17-11-5-6-13-10(7-11)8-14-16(13)20-15(19-14)9-18-12-3-1-2-4-12/h5-7,12,18H,1-4,8-9H2,(H,19,20). The summed E-state index contributed by atoms with van der Waals surface area (Å²) in [5.74, 6) is 1.08. The van der Waals surface area contributed by atoms with Gasteiger partial charge in [-0.15, -0.1) is 0 Å². The van der Waals surface area contributed by atoms with Crippen molar-refractivity contribution < 1.29 is 0 Å². The average Bonchev–Trinajstić information content (AvgIpc) is 3.10. The van der Waals surface area contributed by atoms with E-state index < -0.39 is 0 Å². The van der Waals surface area contributed by atoms with Crippen LogP contribution in [0.2, 0.25) is 0 Å². The van der Waals surface area contributed by atoms with Gasteiger partial charge in [0.2, 0.25) is 0 Å². The van der Waals surface area contributed by atoms with Crippen molar-refractivity contribution in [2.45, 2.75) is 44.7 Å². The first-order chi connectivity index (χ1) is 9.79. The van der Waals surface area contributed by atoms with Crippen LogP contribution in [0, 0.1) is 0 Å². The normalized spacial score (nSPS) is 17.4. The zero-order valence-corrected chi connectivity index (χ0v) is 13.0. The van der Waals surface area contributed by atoms with E-state index in [1.165, 1.54) is 42.5 Å². The highest BCUT2D eigenvalue weighted by atomic mass is 79.9. The van der Waals surface area contributed by atoms with Crippen molar-refractivity contribution in [2.24, 2.45) is 0 Å². The summed E-state index contributed by atoms with van der Waals surface area (Å²) in [6, 6.07) is 7.15. The van der Waals surface area contributed by atoms with E-state index in [-0.39, 0.29) is 0 Å². The Labute approximate surface area is 127 Å². The smallest absolute Gasteiger partial charge is 0.121 e. The number of rotatable bonds is 3. The molecule has 1 saturated carbocycles. The van der Waals surface area contributed by atoms with Crippen LogP contribution in [0.15, 0.2) is 22.7 Å². The largest absolute Gasteiger partial charge is 0.344 e. The fourth-order valence-electron chi connectivity index (χ4n) is 3.40. The number of aromatic nitrogens is 2. The molecule has 2 aliphatic carbocycles. The van der Waals surface area contributed by atoms with Crippen molar-refractivity contribution in [1.29, 1.82) is 0 Å². The first-order valence-corrected chi connectivity index (χ1v) is 8.19. The number of nitrogens with zero attached hydrogens (tertiary/aromatic N) is 1. The van der Waals surface area contributed by atoms with Crippen LogP contribution in [0.1, 0.15) is 42.8 Å². The van der Waals surface area contributed by atoms with Crippen LogP contribution in [-0.4, -0.2) is 16.0 Å². The van der Waals surface area contributed by atoms with Crippen LogP contribution in [-0.2, 0) is 13.0 Å². The van der Waals surface area contributed by atoms with E-state index >= 15 is 0 Å². The summed E-state index contributed by atoms with van der Waals surface area (Å²) in [6.07, 6.45) is 6.35.